The van der Waals surface area contributed by atoms with Gasteiger partial charge in [0.2, 0.25) is 5.91 Å². The van der Waals surface area contributed by atoms with E-state index in [4.69, 9.17) is 4.74 Å². The van der Waals surface area contributed by atoms with Crippen molar-refractivity contribution in [1.82, 2.24) is 14.5 Å². The molecule has 0 N–H and O–H groups in total. The van der Waals surface area contributed by atoms with Gasteiger partial charge in [-0.1, -0.05) is 0 Å². The van der Waals surface area contributed by atoms with Crippen molar-refractivity contribution in [2.45, 2.75) is 32.6 Å². The fourth-order valence-electron chi connectivity index (χ4n) is 4.33. The Morgan fingerprint density at radius 1 is 1.29 bits per heavy atom. The van der Waals surface area contributed by atoms with Crippen molar-refractivity contribution in [1.29, 1.82) is 0 Å². The molecule has 0 spiro atoms. The molecule has 1 saturated heterocycles. The van der Waals surface area contributed by atoms with Crippen molar-refractivity contribution in [3.05, 3.63) is 51.2 Å². The molecule has 0 bridgehead atoms. The number of nitrogens with zero attached hydrogens (tertiary/aromatic N) is 4. The van der Waals surface area contributed by atoms with E-state index in [1.54, 1.807) is 29.5 Å². The van der Waals surface area contributed by atoms with Gasteiger partial charge in [0.1, 0.15) is 11.4 Å². The predicted octanol–water partition coefficient (Wildman–Crippen LogP) is 2.48. The maximum absolute atomic E-state index is 12.9. The Hall–Kier alpha value is -3.04. The van der Waals surface area contributed by atoms with E-state index in [1.807, 2.05) is 4.90 Å². The smallest absolute Gasteiger partial charge is 0.433 e. The van der Waals surface area contributed by atoms with Crippen LogP contribution in [0.1, 0.15) is 28.9 Å². The lowest BCUT2D eigenvalue weighted by molar-refractivity contribution is -0.141. The molecule has 1 fully saturated rings. The summed E-state index contributed by atoms with van der Waals surface area (Å²) in [7, 11) is 3.20. The van der Waals surface area contributed by atoms with Crippen molar-refractivity contribution in [3.8, 4) is 5.75 Å². The molecule has 10 heteroatoms. The molecule has 2 aliphatic rings. The number of hydrogen-bond donors (Lipinski definition) is 0. The van der Waals surface area contributed by atoms with E-state index in [0.29, 0.717) is 49.6 Å². The number of carbonyl (C=O) groups is 1. The molecule has 4 heterocycles. The molecule has 7 nitrogen and oxygen atoms in total. The second kappa shape index (κ2) is 7.58. The van der Waals surface area contributed by atoms with Gasteiger partial charge in [-0.3, -0.25) is 14.6 Å². The van der Waals surface area contributed by atoms with Gasteiger partial charge in [-0.2, -0.15) is 13.2 Å². The zero-order valence-corrected chi connectivity index (χ0v) is 17.5. The maximum atomic E-state index is 12.9. The highest BCUT2D eigenvalue weighted by Gasteiger charge is 2.36. The van der Waals surface area contributed by atoms with Crippen LogP contribution in [0.2, 0.25) is 0 Å². The van der Waals surface area contributed by atoms with E-state index in [0.717, 1.165) is 23.5 Å². The van der Waals surface area contributed by atoms with Gasteiger partial charge in [0.15, 0.2) is 0 Å². The van der Waals surface area contributed by atoms with Gasteiger partial charge >= 0.3 is 6.18 Å². The van der Waals surface area contributed by atoms with Gasteiger partial charge < -0.3 is 19.1 Å². The number of hydrogen-bond acceptors (Lipinski definition) is 5. The summed E-state index contributed by atoms with van der Waals surface area (Å²) in [5.74, 6) is 0.547. The summed E-state index contributed by atoms with van der Waals surface area (Å²) in [4.78, 5) is 32.1. The van der Waals surface area contributed by atoms with Crippen molar-refractivity contribution >= 4 is 11.6 Å². The van der Waals surface area contributed by atoms with E-state index in [-0.39, 0.29) is 17.4 Å². The third kappa shape index (κ3) is 3.75. The molecular weight excluding hydrogens is 413 g/mol. The lowest BCUT2D eigenvalue weighted by atomic mass is 9.95. The largest absolute Gasteiger partial charge is 0.496 e. The number of methoxy groups -OCH3 is 1. The third-order valence-corrected chi connectivity index (χ3v) is 6.06. The van der Waals surface area contributed by atoms with Crippen LogP contribution >= 0.6 is 0 Å². The standard InChI is InChI=1S/C21H23F3N4O3/c1-12-19(31-3)15-10-28(11-16(15)26(2)20(12)30)18(29)6-13-8-27(9-13)14-4-5-25-17(7-14)21(22,23)24/h4-5,7,13H,6,8-11H2,1-3H3. The number of rotatable bonds is 4. The molecule has 2 aromatic rings. The highest BCUT2D eigenvalue weighted by molar-refractivity contribution is 5.78. The predicted molar refractivity (Wildman–Crippen MR) is 107 cm³/mol. The van der Waals surface area contributed by atoms with Crippen LogP contribution in [0.15, 0.2) is 23.1 Å². The van der Waals surface area contributed by atoms with Crippen LogP contribution in [0.3, 0.4) is 0 Å². The summed E-state index contributed by atoms with van der Waals surface area (Å²) in [6, 6.07) is 2.57. The lowest BCUT2D eigenvalue weighted by Crippen LogP contribution is -2.48. The van der Waals surface area contributed by atoms with Crippen LogP contribution < -0.4 is 15.2 Å². The molecule has 0 aromatic carbocycles. The number of aromatic nitrogens is 2. The van der Waals surface area contributed by atoms with Gasteiger partial charge in [-0.05, 0) is 19.1 Å². The summed E-state index contributed by atoms with van der Waals surface area (Å²) in [6.07, 6.45) is -3.03. The van der Waals surface area contributed by atoms with E-state index in [2.05, 4.69) is 4.98 Å². The second-order valence-corrected chi connectivity index (χ2v) is 8.07. The summed E-state index contributed by atoms with van der Waals surface area (Å²) in [5.41, 5.74) is 1.53. The zero-order chi connectivity index (χ0) is 22.5. The fourth-order valence-corrected chi connectivity index (χ4v) is 4.33. The van der Waals surface area contributed by atoms with Crippen LogP contribution in [-0.4, -0.2) is 40.6 Å². The lowest BCUT2D eigenvalue weighted by Gasteiger charge is -2.41. The Balaban J connectivity index is 1.39. The molecule has 2 aliphatic heterocycles. The first-order valence-electron chi connectivity index (χ1n) is 9.91. The second-order valence-electron chi connectivity index (χ2n) is 8.07. The SMILES string of the molecule is COc1c2c(n(C)c(=O)c1C)CN(C(=O)CC1CN(c3ccnc(C(F)(F)F)c3)C1)C2. The minimum Gasteiger partial charge on any atom is -0.496 e. The number of carbonyl (C=O) groups excluding carboxylic acids is 1. The quantitative estimate of drug-likeness (QED) is 0.737. The minimum atomic E-state index is -4.49. The van der Waals surface area contributed by atoms with Crippen LogP contribution in [0.5, 0.6) is 5.75 Å². The number of halogens is 3. The molecule has 0 atom stereocenters. The van der Waals surface area contributed by atoms with E-state index in [1.165, 1.54) is 7.11 Å². The highest BCUT2D eigenvalue weighted by Crippen LogP contribution is 2.35. The maximum Gasteiger partial charge on any atom is 0.433 e. The summed E-state index contributed by atoms with van der Waals surface area (Å²) >= 11 is 0. The fraction of sp³-hybridized carbons (Fsp3) is 0.476. The van der Waals surface area contributed by atoms with Crippen molar-refractivity contribution in [3.63, 3.8) is 0 Å². The Kier molecular flexibility index (Phi) is 5.18. The van der Waals surface area contributed by atoms with Gasteiger partial charge in [0.05, 0.1) is 25.8 Å². The van der Waals surface area contributed by atoms with Crippen LogP contribution in [-0.2, 0) is 31.1 Å². The molecule has 0 unspecified atom stereocenters. The molecule has 1 amide bonds. The number of amides is 1. The van der Waals surface area contributed by atoms with E-state index in [9.17, 15) is 22.8 Å². The molecule has 0 radical (unpaired) electrons. The third-order valence-electron chi connectivity index (χ3n) is 6.06. The van der Waals surface area contributed by atoms with Gasteiger partial charge in [-0.15, -0.1) is 0 Å². The zero-order valence-electron chi connectivity index (χ0n) is 17.5. The Morgan fingerprint density at radius 3 is 2.65 bits per heavy atom. The van der Waals surface area contributed by atoms with Crippen LogP contribution in [0.4, 0.5) is 18.9 Å². The van der Waals surface area contributed by atoms with E-state index >= 15 is 0 Å². The highest BCUT2D eigenvalue weighted by atomic mass is 19.4. The van der Waals surface area contributed by atoms with Crippen LogP contribution in [0, 0.1) is 12.8 Å². The monoisotopic (exact) mass is 436 g/mol. The number of anilines is 1. The summed E-state index contributed by atoms with van der Waals surface area (Å²) < 4.78 is 45.6. The minimum absolute atomic E-state index is 0.0429. The molecular formula is C21H23F3N4O3. The first kappa shape index (κ1) is 21.2. The molecule has 2 aromatic heterocycles. The average molecular weight is 436 g/mol. The van der Waals surface area contributed by atoms with E-state index < -0.39 is 11.9 Å². The van der Waals surface area contributed by atoms with Gasteiger partial charge in [-0.25, -0.2) is 0 Å². The van der Waals surface area contributed by atoms with Gasteiger partial charge in [0, 0.05) is 55.6 Å². The topological polar surface area (TPSA) is 67.7 Å². The number of ether oxygens (including phenoxy) is 1. The van der Waals surface area contributed by atoms with Crippen molar-refractivity contribution in [2.24, 2.45) is 13.0 Å². The first-order chi connectivity index (χ1) is 14.6. The number of pyridine rings is 2. The number of alkyl halides is 3. The van der Waals surface area contributed by atoms with Crippen LogP contribution in [0.25, 0.3) is 0 Å². The summed E-state index contributed by atoms with van der Waals surface area (Å²) in [6.45, 7) is 3.44. The molecule has 0 aliphatic carbocycles. The molecule has 31 heavy (non-hydrogen) atoms. The first-order valence-corrected chi connectivity index (χ1v) is 9.91. The average Bonchev–Trinajstić information content (AvgIpc) is 3.14. The van der Waals surface area contributed by atoms with Gasteiger partial charge in [0.25, 0.3) is 5.56 Å². The van der Waals surface area contributed by atoms with Crippen molar-refractivity contribution < 1.29 is 22.7 Å². The number of fused-ring (bicyclic) bond motifs is 1. The van der Waals surface area contributed by atoms with Crippen molar-refractivity contribution in [2.75, 3.05) is 25.1 Å². The molecule has 0 saturated carbocycles. The molecule has 166 valence electrons. The molecule has 4 rings (SSSR count). The normalized spacial score (nSPS) is 16.3. The Bertz CT molecular complexity index is 1090. The Morgan fingerprint density at radius 2 is 2.00 bits per heavy atom. The summed E-state index contributed by atoms with van der Waals surface area (Å²) in [5, 5.41) is 0. The Labute approximate surface area is 177 Å².